The van der Waals surface area contributed by atoms with Crippen LogP contribution in [0.4, 0.5) is 0 Å². The number of hydrogen-bond donors (Lipinski definition) is 0. The summed E-state index contributed by atoms with van der Waals surface area (Å²) in [6.07, 6.45) is 0. The van der Waals surface area contributed by atoms with Crippen molar-refractivity contribution >= 4 is 34.0 Å². The minimum Gasteiger partial charge on any atom is -0.431 e. The van der Waals surface area contributed by atoms with Gasteiger partial charge < -0.3 is 8.98 Å². The predicted octanol–water partition coefficient (Wildman–Crippen LogP) is 1.26. The Balaban J connectivity index is 1.90. The van der Waals surface area contributed by atoms with Gasteiger partial charge in [-0.2, -0.15) is 0 Å². The normalized spacial score (nSPS) is 11.6. The Kier molecular flexibility index (Phi) is 3.14. The van der Waals surface area contributed by atoms with Crippen molar-refractivity contribution in [2.24, 2.45) is 21.1 Å². The van der Waals surface area contributed by atoms with Crippen LogP contribution in [0.2, 0.25) is 0 Å². The summed E-state index contributed by atoms with van der Waals surface area (Å²) < 4.78 is 9.75. The highest BCUT2D eigenvalue weighted by Gasteiger charge is 2.19. The highest BCUT2D eigenvalue weighted by molar-refractivity contribution is 7.99. The van der Waals surface area contributed by atoms with Crippen LogP contribution in [0.15, 0.2) is 48.7 Å². The van der Waals surface area contributed by atoms with Crippen molar-refractivity contribution in [3.63, 3.8) is 0 Å². The average molecular weight is 343 g/mol. The molecule has 9 heteroatoms. The molecule has 0 saturated heterocycles. The molecule has 0 aliphatic heterocycles. The SMILES string of the molecule is Cn1c(=O)c2c(nc(Sc3nc4ccccc4o3)n2C)n(C)c1=O. The van der Waals surface area contributed by atoms with Crippen molar-refractivity contribution in [2.75, 3.05) is 0 Å². The number of hydrogen-bond acceptors (Lipinski definition) is 6. The first kappa shape index (κ1) is 14.8. The quantitative estimate of drug-likeness (QED) is 0.544. The third-order valence-electron chi connectivity index (χ3n) is 3.89. The zero-order valence-corrected chi connectivity index (χ0v) is 14.0. The Morgan fingerprint density at radius 3 is 2.50 bits per heavy atom. The van der Waals surface area contributed by atoms with Crippen LogP contribution in [0.1, 0.15) is 0 Å². The lowest BCUT2D eigenvalue weighted by Crippen LogP contribution is -2.37. The lowest BCUT2D eigenvalue weighted by Gasteiger charge is -2.03. The van der Waals surface area contributed by atoms with Crippen molar-refractivity contribution in [3.05, 3.63) is 45.1 Å². The van der Waals surface area contributed by atoms with E-state index in [-0.39, 0.29) is 5.56 Å². The van der Waals surface area contributed by atoms with E-state index in [1.54, 1.807) is 18.7 Å². The van der Waals surface area contributed by atoms with Crippen molar-refractivity contribution in [1.82, 2.24) is 23.7 Å². The molecule has 0 N–H and O–H groups in total. The summed E-state index contributed by atoms with van der Waals surface area (Å²) >= 11 is 1.21. The summed E-state index contributed by atoms with van der Waals surface area (Å²) in [4.78, 5) is 33.2. The van der Waals surface area contributed by atoms with Gasteiger partial charge in [0, 0.05) is 32.9 Å². The topological polar surface area (TPSA) is 87.8 Å². The van der Waals surface area contributed by atoms with Gasteiger partial charge in [-0.15, -0.1) is 0 Å². The van der Waals surface area contributed by atoms with E-state index in [1.807, 2.05) is 24.3 Å². The first-order valence-electron chi connectivity index (χ1n) is 7.13. The molecule has 0 aliphatic rings. The summed E-state index contributed by atoms with van der Waals surface area (Å²) in [6.45, 7) is 0. The smallest absolute Gasteiger partial charge is 0.332 e. The Hall–Kier alpha value is -2.81. The van der Waals surface area contributed by atoms with Crippen LogP contribution in [0, 0.1) is 0 Å². The summed E-state index contributed by atoms with van der Waals surface area (Å²) in [5.41, 5.74) is 1.34. The third kappa shape index (κ3) is 2.01. The molecule has 8 nitrogen and oxygen atoms in total. The van der Waals surface area contributed by atoms with Crippen molar-refractivity contribution < 1.29 is 4.42 Å². The average Bonchev–Trinajstić information content (AvgIpc) is 3.12. The van der Waals surface area contributed by atoms with Gasteiger partial charge >= 0.3 is 5.69 Å². The number of fused-ring (bicyclic) bond motifs is 2. The van der Waals surface area contributed by atoms with E-state index < -0.39 is 5.69 Å². The molecule has 3 heterocycles. The second-order valence-corrected chi connectivity index (χ2v) is 6.30. The second-order valence-electron chi connectivity index (χ2n) is 5.38. The summed E-state index contributed by atoms with van der Waals surface area (Å²) in [5.74, 6) is 0. The van der Waals surface area contributed by atoms with Gasteiger partial charge in [0.25, 0.3) is 10.8 Å². The molecule has 4 aromatic rings. The largest absolute Gasteiger partial charge is 0.431 e. The Morgan fingerprint density at radius 2 is 1.75 bits per heavy atom. The molecule has 0 saturated carbocycles. The lowest BCUT2D eigenvalue weighted by atomic mass is 10.3. The molecule has 3 aromatic heterocycles. The van der Waals surface area contributed by atoms with Crippen LogP contribution in [0.25, 0.3) is 22.3 Å². The Bertz CT molecular complexity index is 1180. The maximum absolute atomic E-state index is 12.4. The van der Waals surface area contributed by atoms with Gasteiger partial charge in [-0.05, 0) is 12.1 Å². The first-order valence-corrected chi connectivity index (χ1v) is 7.95. The molecule has 0 spiro atoms. The van der Waals surface area contributed by atoms with E-state index in [1.165, 1.54) is 23.4 Å². The van der Waals surface area contributed by atoms with E-state index in [4.69, 9.17) is 4.42 Å². The number of aromatic nitrogens is 5. The van der Waals surface area contributed by atoms with Crippen molar-refractivity contribution in [3.8, 4) is 0 Å². The van der Waals surface area contributed by atoms with Gasteiger partial charge in [0.05, 0.1) is 0 Å². The summed E-state index contributed by atoms with van der Waals surface area (Å²) in [6, 6.07) is 7.45. The molecule has 4 rings (SSSR count). The summed E-state index contributed by atoms with van der Waals surface area (Å²) in [5, 5.41) is 0.950. The van der Waals surface area contributed by atoms with Gasteiger partial charge in [-0.1, -0.05) is 12.1 Å². The number of aryl methyl sites for hydroxylation is 2. The van der Waals surface area contributed by atoms with Crippen LogP contribution in [-0.4, -0.2) is 23.7 Å². The minimum atomic E-state index is -0.413. The highest BCUT2D eigenvalue weighted by Crippen LogP contribution is 2.30. The standard InChI is InChI=1S/C15H13N5O3S/c1-18-10-11(19(2)15(22)20(3)12(10)21)17-13(18)24-14-16-8-6-4-5-7-9(8)23-14/h4-7H,1-3H3. The molecule has 0 amide bonds. The monoisotopic (exact) mass is 343 g/mol. The molecular formula is C15H13N5O3S. The zero-order valence-electron chi connectivity index (χ0n) is 13.2. The van der Waals surface area contributed by atoms with Crippen LogP contribution >= 0.6 is 11.8 Å². The molecule has 0 aliphatic carbocycles. The molecule has 0 fully saturated rings. The Morgan fingerprint density at radius 1 is 1.00 bits per heavy atom. The number of imidazole rings is 1. The van der Waals surface area contributed by atoms with Crippen LogP contribution in [-0.2, 0) is 21.1 Å². The summed E-state index contributed by atoms with van der Waals surface area (Å²) in [7, 11) is 4.77. The number of para-hydroxylation sites is 2. The fourth-order valence-electron chi connectivity index (χ4n) is 2.56. The van der Waals surface area contributed by atoms with Gasteiger partial charge in [-0.25, -0.2) is 14.8 Å². The maximum Gasteiger partial charge on any atom is 0.332 e. The number of nitrogens with zero attached hydrogens (tertiary/aromatic N) is 5. The van der Waals surface area contributed by atoms with Crippen molar-refractivity contribution in [2.45, 2.75) is 10.4 Å². The first-order chi connectivity index (χ1) is 11.5. The number of benzene rings is 1. The third-order valence-corrected chi connectivity index (χ3v) is 4.78. The fourth-order valence-corrected chi connectivity index (χ4v) is 3.35. The Labute approximate surface area is 139 Å². The molecule has 0 atom stereocenters. The highest BCUT2D eigenvalue weighted by atomic mass is 32.2. The molecule has 24 heavy (non-hydrogen) atoms. The predicted molar refractivity (Wildman–Crippen MR) is 89.3 cm³/mol. The molecule has 122 valence electrons. The van der Waals surface area contributed by atoms with Crippen LogP contribution in [0.3, 0.4) is 0 Å². The fraction of sp³-hybridized carbons (Fsp3) is 0.200. The second kappa shape index (κ2) is 5.10. The zero-order chi connectivity index (χ0) is 17.0. The molecule has 1 aromatic carbocycles. The molecular weight excluding hydrogens is 330 g/mol. The number of rotatable bonds is 2. The van der Waals surface area contributed by atoms with E-state index in [0.29, 0.717) is 27.1 Å². The van der Waals surface area contributed by atoms with Crippen LogP contribution in [0.5, 0.6) is 0 Å². The van der Waals surface area contributed by atoms with Crippen molar-refractivity contribution in [1.29, 1.82) is 0 Å². The molecule has 0 radical (unpaired) electrons. The lowest BCUT2D eigenvalue weighted by molar-refractivity contribution is 0.488. The van der Waals surface area contributed by atoms with Gasteiger partial charge in [-0.3, -0.25) is 13.9 Å². The van der Waals surface area contributed by atoms with Gasteiger partial charge in [0.15, 0.2) is 21.9 Å². The molecule has 0 unspecified atom stereocenters. The van der Waals surface area contributed by atoms with Gasteiger partial charge in [0.2, 0.25) is 0 Å². The van der Waals surface area contributed by atoms with E-state index in [9.17, 15) is 9.59 Å². The van der Waals surface area contributed by atoms with Gasteiger partial charge in [0.1, 0.15) is 5.52 Å². The van der Waals surface area contributed by atoms with Crippen LogP contribution < -0.4 is 11.2 Å². The van der Waals surface area contributed by atoms with E-state index >= 15 is 0 Å². The minimum absolute atomic E-state index is 0.337. The van der Waals surface area contributed by atoms with E-state index in [0.717, 1.165) is 10.1 Å². The molecule has 0 bridgehead atoms. The van der Waals surface area contributed by atoms with E-state index in [2.05, 4.69) is 9.97 Å². The maximum atomic E-state index is 12.4. The number of oxazole rings is 1.